The summed E-state index contributed by atoms with van der Waals surface area (Å²) >= 11 is 0. The van der Waals surface area contributed by atoms with E-state index in [2.05, 4.69) is 71.9 Å². The summed E-state index contributed by atoms with van der Waals surface area (Å²) in [6.45, 7) is 14.7. The van der Waals surface area contributed by atoms with Crippen LogP contribution in [0.15, 0.2) is 30.3 Å². The lowest BCUT2D eigenvalue weighted by Crippen LogP contribution is -2.45. The highest BCUT2D eigenvalue weighted by molar-refractivity contribution is 7.20. The molecule has 16 heavy (non-hydrogen) atoms. The highest BCUT2D eigenvalue weighted by atomic mass is 29.2. The van der Waals surface area contributed by atoms with Crippen LogP contribution >= 0.6 is 0 Å². The van der Waals surface area contributed by atoms with E-state index < -0.39 is 8.31 Å². The van der Waals surface area contributed by atoms with Crippen molar-refractivity contribution in [3.05, 3.63) is 30.3 Å². The third-order valence-corrected chi connectivity index (χ3v) is 18.9. The highest BCUT2D eigenvalue weighted by Gasteiger charge is 2.36. The van der Waals surface area contributed by atoms with Gasteiger partial charge in [-0.1, -0.05) is 77.1 Å². The maximum Gasteiger partial charge on any atom is 0.0472 e. The van der Waals surface area contributed by atoms with E-state index in [1.54, 1.807) is 5.19 Å². The molecule has 90 valence electrons. The summed E-state index contributed by atoms with van der Waals surface area (Å²) in [5.74, 6) is 0. The quantitative estimate of drug-likeness (QED) is 0.708. The van der Waals surface area contributed by atoms with E-state index in [0.29, 0.717) is 10.1 Å². The van der Waals surface area contributed by atoms with Crippen LogP contribution < -0.4 is 5.19 Å². The van der Waals surface area contributed by atoms with Gasteiger partial charge in [-0.25, -0.2) is 0 Å². The van der Waals surface area contributed by atoms with Gasteiger partial charge in [0.25, 0.3) is 0 Å². The molecule has 0 heterocycles. The number of rotatable bonds is 2. The Morgan fingerprint density at radius 2 is 1.25 bits per heavy atom. The van der Waals surface area contributed by atoms with E-state index in [9.17, 15) is 0 Å². The van der Waals surface area contributed by atoms with Crippen molar-refractivity contribution in [3.63, 3.8) is 0 Å². The Kier molecular flexibility index (Phi) is 4.19. The average molecular weight is 251 g/mol. The minimum atomic E-state index is -0.698. The van der Waals surface area contributed by atoms with E-state index in [1.165, 1.54) is 0 Å². The first-order valence-electron chi connectivity index (χ1n) is 6.25. The van der Waals surface area contributed by atoms with Gasteiger partial charge < -0.3 is 0 Å². The molecule has 1 aromatic rings. The summed E-state index contributed by atoms with van der Waals surface area (Å²) in [6, 6.07) is 11.2. The fourth-order valence-corrected chi connectivity index (χ4v) is 13.5. The summed E-state index contributed by atoms with van der Waals surface area (Å²) in [5, 5.41) is 2.77. The second kappa shape index (κ2) is 4.88. The second-order valence-electron chi connectivity index (χ2n) is 6.97. The molecule has 0 aliphatic carbocycles. The molecule has 1 rings (SSSR count). The van der Waals surface area contributed by atoms with E-state index in [-0.39, 0.29) is 9.04 Å². The van der Waals surface area contributed by atoms with Crippen LogP contribution in [0, 0.1) is 0 Å². The number of hydrogen-bond donors (Lipinski definition) is 0. The molecule has 0 saturated carbocycles. The van der Waals surface area contributed by atoms with Crippen LogP contribution in [-0.2, 0) is 0 Å². The zero-order chi connectivity index (χ0) is 12.4. The third kappa shape index (κ3) is 3.91. The molecule has 0 N–H and O–H groups in total. The van der Waals surface area contributed by atoms with Gasteiger partial charge in [0.1, 0.15) is 0 Å². The largest absolute Gasteiger partial charge is 0.0698 e. The van der Waals surface area contributed by atoms with Crippen molar-refractivity contribution in [2.45, 2.75) is 51.6 Å². The summed E-state index contributed by atoms with van der Waals surface area (Å²) in [6.07, 6.45) is 0. The first kappa shape index (κ1) is 13.7. The van der Waals surface area contributed by atoms with E-state index >= 15 is 0 Å². The Morgan fingerprint density at radius 1 is 0.812 bits per heavy atom. The molecular weight excluding hydrogens is 224 g/mol. The van der Waals surface area contributed by atoms with Crippen molar-refractivity contribution in [2.75, 3.05) is 0 Å². The van der Waals surface area contributed by atoms with Crippen molar-refractivity contribution in [3.8, 4) is 0 Å². The van der Waals surface area contributed by atoms with E-state index in [1.807, 2.05) is 0 Å². The highest BCUT2D eigenvalue weighted by Crippen LogP contribution is 2.40. The van der Waals surface area contributed by atoms with Crippen molar-refractivity contribution in [1.82, 2.24) is 0 Å². The van der Waals surface area contributed by atoms with E-state index in [0.717, 1.165) is 0 Å². The monoisotopic (exact) mass is 250 g/mol. The predicted molar refractivity (Wildman–Crippen MR) is 81.2 cm³/mol. The first-order chi connectivity index (χ1) is 7.21. The third-order valence-electron chi connectivity index (χ3n) is 3.37. The van der Waals surface area contributed by atoms with Crippen molar-refractivity contribution >= 4 is 22.5 Å². The van der Waals surface area contributed by atoms with Gasteiger partial charge in [0.05, 0.1) is 0 Å². The Bertz CT molecular complexity index is 303. The Hall–Kier alpha value is -0.346. The second-order valence-corrected chi connectivity index (χ2v) is 16.4. The average Bonchev–Trinajstić information content (AvgIpc) is 2.12. The van der Waals surface area contributed by atoms with Crippen LogP contribution in [0.4, 0.5) is 0 Å². The standard InChI is InChI=1S/C14H26Si2/c1-13(2,3)16(14(4,5)6)15-12-10-8-7-9-11-12/h7-11,16H,15H2,1-6H3. The van der Waals surface area contributed by atoms with Gasteiger partial charge in [-0.3, -0.25) is 0 Å². The van der Waals surface area contributed by atoms with Crippen LogP contribution in [0.5, 0.6) is 0 Å². The van der Waals surface area contributed by atoms with Crippen LogP contribution in [0.3, 0.4) is 0 Å². The van der Waals surface area contributed by atoms with Crippen molar-refractivity contribution in [2.24, 2.45) is 0 Å². The van der Waals surface area contributed by atoms with Crippen LogP contribution in [0.1, 0.15) is 41.5 Å². The summed E-state index contributed by atoms with van der Waals surface area (Å²) in [5.41, 5.74) is 0. The molecule has 0 saturated heterocycles. The van der Waals surface area contributed by atoms with Gasteiger partial charge >= 0.3 is 0 Å². The van der Waals surface area contributed by atoms with E-state index in [4.69, 9.17) is 0 Å². The molecule has 2 heteroatoms. The van der Waals surface area contributed by atoms with Gasteiger partial charge in [-0.15, -0.1) is 0 Å². The maximum atomic E-state index is 2.45. The molecule has 1 aromatic carbocycles. The molecule has 0 amide bonds. The zero-order valence-corrected chi connectivity index (χ0v) is 14.2. The van der Waals surface area contributed by atoms with Gasteiger partial charge in [0, 0.05) is 17.4 Å². The molecule has 0 fully saturated rings. The number of benzene rings is 1. The minimum absolute atomic E-state index is 0.0669. The fourth-order valence-electron chi connectivity index (χ4n) is 2.76. The number of hydrogen-bond acceptors (Lipinski definition) is 0. The smallest absolute Gasteiger partial charge is 0.0472 e. The van der Waals surface area contributed by atoms with Crippen molar-refractivity contribution in [1.29, 1.82) is 0 Å². The topological polar surface area (TPSA) is 0 Å². The molecule has 0 spiro atoms. The zero-order valence-electron chi connectivity index (χ0n) is 11.7. The lowest BCUT2D eigenvalue weighted by Gasteiger charge is -2.39. The summed E-state index contributed by atoms with van der Waals surface area (Å²) in [4.78, 5) is 0. The van der Waals surface area contributed by atoms with Gasteiger partial charge in [0.15, 0.2) is 0 Å². The Morgan fingerprint density at radius 3 is 1.62 bits per heavy atom. The molecule has 0 bridgehead atoms. The van der Waals surface area contributed by atoms with Crippen molar-refractivity contribution < 1.29 is 0 Å². The van der Waals surface area contributed by atoms with Crippen LogP contribution in [-0.4, -0.2) is 17.4 Å². The normalized spacial score (nSPS) is 13.9. The molecule has 0 atom stereocenters. The first-order valence-corrected chi connectivity index (χ1v) is 11.4. The fraction of sp³-hybridized carbons (Fsp3) is 0.571. The predicted octanol–water partition coefficient (Wildman–Crippen LogP) is 2.80. The molecule has 0 nitrogen and oxygen atoms in total. The van der Waals surface area contributed by atoms with Gasteiger partial charge in [-0.2, -0.15) is 0 Å². The Labute approximate surface area is 105 Å². The van der Waals surface area contributed by atoms with Gasteiger partial charge in [0.2, 0.25) is 0 Å². The molecule has 0 unspecified atom stereocenters. The van der Waals surface area contributed by atoms with Gasteiger partial charge in [-0.05, 0) is 10.1 Å². The summed E-state index contributed by atoms with van der Waals surface area (Å²) in [7, 11) is -0.765. The lowest BCUT2D eigenvalue weighted by molar-refractivity contribution is 0.660. The van der Waals surface area contributed by atoms with Crippen LogP contribution in [0.25, 0.3) is 0 Å². The summed E-state index contributed by atoms with van der Waals surface area (Å²) < 4.78 is 0. The lowest BCUT2D eigenvalue weighted by atomic mass is 10.2. The maximum absolute atomic E-state index is 2.45. The molecule has 0 aliphatic heterocycles. The molecule has 0 radical (unpaired) electrons. The Balaban J connectivity index is 2.89. The molecule has 0 aromatic heterocycles. The molecule has 0 aliphatic rings. The van der Waals surface area contributed by atoms with Crippen LogP contribution in [0.2, 0.25) is 10.1 Å². The SMILES string of the molecule is CC(C)(C)[SiH]([SiH2]c1ccccc1)C(C)(C)C. The minimum Gasteiger partial charge on any atom is -0.0698 e. The molecular formula is C14H26Si2.